The van der Waals surface area contributed by atoms with Gasteiger partial charge in [-0.05, 0) is 17.7 Å². The number of hydrogen-bond acceptors (Lipinski definition) is 6. The molecule has 0 amide bonds. The van der Waals surface area contributed by atoms with Gasteiger partial charge in [0, 0.05) is 19.7 Å². The Bertz CT molecular complexity index is 847. The van der Waals surface area contributed by atoms with Crippen molar-refractivity contribution in [1.29, 1.82) is 0 Å². The highest BCUT2D eigenvalue weighted by molar-refractivity contribution is 7.91. The number of methoxy groups -OCH3 is 1. The lowest BCUT2D eigenvalue weighted by molar-refractivity contribution is -0.142. The fourth-order valence-electron chi connectivity index (χ4n) is 2.47. The number of rotatable bonds is 7. The van der Waals surface area contributed by atoms with Crippen LogP contribution in [0.3, 0.4) is 0 Å². The lowest BCUT2D eigenvalue weighted by atomic mass is 10.1. The van der Waals surface area contributed by atoms with Crippen LogP contribution in [0, 0.1) is 0 Å². The molecule has 1 N–H and O–H groups in total. The third-order valence-corrected chi connectivity index (χ3v) is 4.76. The van der Waals surface area contributed by atoms with Crippen LogP contribution in [0.4, 0.5) is 5.69 Å². The molecule has 0 aliphatic heterocycles. The Balaban J connectivity index is 2.44. The van der Waals surface area contributed by atoms with E-state index in [1.54, 1.807) is 12.1 Å². The van der Waals surface area contributed by atoms with Gasteiger partial charge in [0.15, 0.2) is 9.84 Å². The minimum absolute atomic E-state index is 0.0732. The highest BCUT2D eigenvalue weighted by atomic mass is 32.2. The molecule has 0 saturated heterocycles. The van der Waals surface area contributed by atoms with Crippen molar-refractivity contribution in [1.82, 2.24) is 0 Å². The summed E-state index contributed by atoms with van der Waals surface area (Å²) in [6.07, 6.45) is 1.12. The van der Waals surface area contributed by atoms with E-state index >= 15 is 0 Å². The van der Waals surface area contributed by atoms with Gasteiger partial charge in [-0.15, -0.1) is 0 Å². The van der Waals surface area contributed by atoms with Crippen LogP contribution in [0.1, 0.15) is 18.1 Å². The van der Waals surface area contributed by atoms with Gasteiger partial charge in [0.25, 0.3) is 0 Å². The number of esters is 1. The van der Waals surface area contributed by atoms with Crippen molar-refractivity contribution in [2.45, 2.75) is 25.0 Å². The topological polar surface area (TPSA) is 81.7 Å². The van der Waals surface area contributed by atoms with Crippen LogP contribution in [0.25, 0.3) is 0 Å². The summed E-state index contributed by atoms with van der Waals surface area (Å²) in [7, 11) is -2.14. The van der Waals surface area contributed by atoms with Gasteiger partial charge in [0.2, 0.25) is 0 Å². The SMILES string of the molecule is COc1ccc(NCc2ccccc2)c(S(C)(=O)=O)c1COC(C)=O. The van der Waals surface area contributed by atoms with Gasteiger partial charge in [-0.25, -0.2) is 8.42 Å². The summed E-state index contributed by atoms with van der Waals surface area (Å²) in [6, 6.07) is 12.9. The Morgan fingerprint density at radius 2 is 1.80 bits per heavy atom. The second-order valence-corrected chi connectivity index (χ2v) is 7.47. The molecule has 7 heteroatoms. The van der Waals surface area contributed by atoms with Crippen LogP contribution < -0.4 is 10.1 Å². The number of carbonyl (C=O) groups is 1. The first-order valence-corrected chi connectivity index (χ1v) is 9.53. The summed E-state index contributed by atoms with van der Waals surface area (Å²) in [6.45, 7) is 1.55. The molecule has 0 radical (unpaired) electrons. The van der Waals surface area contributed by atoms with Crippen molar-refractivity contribution in [3.63, 3.8) is 0 Å². The molecule has 0 heterocycles. The molecule has 0 aliphatic rings. The first-order valence-electron chi connectivity index (χ1n) is 7.64. The average molecular weight is 363 g/mol. The number of hydrogen-bond donors (Lipinski definition) is 1. The van der Waals surface area contributed by atoms with Crippen LogP contribution in [0.15, 0.2) is 47.4 Å². The fourth-order valence-corrected chi connectivity index (χ4v) is 3.61. The lowest BCUT2D eigenvalue weighted by Crippen LogP contribution is -2.12. The molecule has 0 saturated carbocycles. The molecule has 0 atom stereocenters. The van der Waals surface area contributed by atoms with Gasteiger partial charge in [0.1, 0.15) is 12.4 Å². The molecule has 0 spiro atoms. The quantitative estimate of drug-likeness (QED) is 0.762. The maximum Gasteiger partial charge on any atom is 0.302 e. The van der Waals surface area contributed by atoms with Crippen LogP contribution in [-0.2, 0) is 32.5 Å². The lowest BCUT2D eigenvalue weighted by Gasteiger charge is -2.18. The first-order chi connectivity index (χ1) is 11.8. The monoisotopic (exact) mass is 363 g/mol. The zero-order chi connectivity index (χ0) is 18.4. The Morgan fingerprint density at radius 1 is 1.12 bits per heavy atom. The minimum Gasteiger partial charge on any atom is -0.496 e. The Labute approximate surface area is 147 Å². The van der Waals surface area contributed by atoms with E-state index in [1.807, 2.05) is 30.3 Å². The zero-order valence-corrected chi connectivity index (χ0v) is 15.2. The van der Waals surface area contributed by atoms with E-state index in [2.05, 4.69) is 5.32 Å². The van der Waals surface area contributed by atoms with E-state index in [0.29, 0.717) is 23.5 Å². The van der Waals surface area contributed by atoms with Gasteiger partial charge in [-0.1, -0.05) is 30.3 Å². The van der Waals surface area contributed by atoms with Crippen molar-refractivity contribution in [3.8, 4) is 5.75 Å². The zero-order valence-electron chi connectivity index (χ0n) is 14.4. The van der Waals surface area contributed by atoms with E-state index in [9.17, 15) is 13.2 Å². The molecular formula is C18H21NO5S. The largest absolute Gasteiger partial charge is 0.496 e. The summed E-state index contributed by atoms with van der Waals surface area (Å²) in [5, 5.41) is 3.14. The summed E-state index contributed by atoms with van der Waals surface area (Å²) in [4.78, 5) is 11.2. The molecule has 2 rings (SSSR count). The van der Waals surface area contributed by atoms with Crippen molar-refractivity contribution in [3.05, 3.63) is 53.6 Å². The van der Waals surface area contributed by atoms with Crippen LogP contribution in [-0.4, -0.2) is 27.8 Å². The normalized spacial score (nSPS) is 11.0. The number of benzene rings is 2. The molecule has 2 aromatic rings. The van der Waals surface area contributed by atoms with Gasteiger partial charge in [0.05, 0.1) is 23.3 Å². The molecule has 0 aliphatic carbocycles. The molecule has 25 heavy (non-hydrogen) atoms. The highest BCUT2D eigenvalue weighted by Crippen LogP contribution is 2.33. The predicted molar refractivity (Wildman–Crippen MR) is 95.3 cm³/mol. The molecule has 0 bridgehead atoms. The number of nitrogens with one attached hydrogen (secondary N) is 1. The van der Waals surface area contributed by atoms with E-state index in [-0.39, 0.29) is 11.5 Å². The predicted octanol–water partition coefficient (Wildman–Crippen LogP) is 2.77. The Hall–Kier alpha value is -2.54. The average Bonchev–Trinajstić information content (AvgIpc) is 2.57. The maximum absolute atomic E-state index is 12.4. The smallest absolute Gasteiger partial charge is 0.302 e. The number of carbonyl (C=O) groups excluding carboxylic acids is 1. The van der Waals surface area contributed by atoms with Crippen molar-refractivity contribution in [2.24, 2.45) is 0 Å². The summed E-state index contributed by atoms with van der Waals surface area (Å²) < 4.78 is 35.0. The second kappa shape index (κ2) is 8.02. The van der Waals surface area contributed by atoms with E-state index in [1.165, 1.54) is 14.0 Å². The molecule has 2 aromatic carbocycles. The summed E-state index contributed by atoms with van der Waals surface area (Å²) in [5.41, 5.74) is 1.77. The summed E-state index contributed by atoms with van der Waals surface area (Å²) in [5.74, 6) is -0.143. The molecule has 134 valence electrons. The molecule has 0 unspecified atom stereocenters. The van der Waals surface area contributed by atoms with E-state index in [0.717, 1.165) is 11.8 Å². The second-order valence-electron chi connectivity index (χ2n) is 5.51. The van der Waals surface area contributed by atoms with E-state index in [4.69, 9.17) is 9.47 Å². The Kier molecular flexibility index (Phi) is 6.03. The fraction of sp³-hybridized carbons (Fsp3) is 0.278. The third-order valence-electron chi connectivity index (χ3n) is 3.55. The third kappa shape index (κ3) is 4.96. The molecule has 0 aromatic heterocycles. The number of sulfone groups is 1. The highest BCUT2D eigenvalue weighted by Gasteiger charge is 2.23. The first kappa shape index (κ1) is 18.8. The van der Waals surface area contributed by atoms with Crippen molar-refractivity contribution in [2.75, 3.05) is 18.7 Å². The van der Waals surface area contributed by atoms with Gasteiger partial charge in [-0.2, -0.15) is 0 Å². The summed E-state index contributed by atoms with van der Waals surface area (Å²) >= 11 is 0. The molecular weight excluding hydrogens is 342 g/mol. The van der Waals surface area contributed by atoms with Gasteiger partial charge in [-0.3, -0.25) is 4.79 Å². The number of ether oxygens (including phenoxy) is 2. The van der Waals surface area contributed by atoms with Crippen LogP contribution in [0.5, 0.6) is 5.75 Å². The molecule has 0 fully saturated rings. The van der Waals surface area contributed by atoms with Gasteiger partial charge >= 0.3 is 5.97 Å². The Morgan fingerprint density at radius 3 is 2.36 bits per heavy atom. The number of anilines is 1. The molecule has 6 nitrogen and oxygen atoms in total. The van der Waals surface area contributed by atoms with Crippen molar-refractivity contribution >= 4 is 21.5 Å². The van der Waals surface area contributed by atoms with Crippen molar-refractivity contribution < 1.29 is 22.7 Å². The maximum atomic E-state index is 12.4. The van der Waals surface area contributed by atoms with Gasteiger partial charge < -0.3 is 14.8 Å². The van der Waals surface area contributed by atoms with E-state index < -0.39 is 15.8 Å². The minimum atomic E-state index is -3.58. The standard InChI is InChI=1S/C18H21NO5S/c1-13(20)24-12-15-17(23-2)10-9-16(18(15)25(3,21)22)19-11-14-7-5-4-6-8-14/h4-10,19H,11-12H2,1-3H3. The van der Waals surface area contributed by atoms with Crippen LogP contribution in [0.2, 0.25) is 0 Å². The van der Waals surface area contributed by atoms with Crippen LogP contribution >= 0.6 is 0 Å².